The quantitative estimate of drug-likeness (QED) is 0.813. The lowest BCUT2D eigenvalue weighted by molar-refractivity contribution is 0.713. The Kier molecular flexibility index (Phi) is 4.18. The Balaban J connectivity index is 2.91. The molecule has 0 aliphatic rings. The summed E-state index contributed by atoms with van der Waals surface area (Å²) in [5, 5.41) is 13.0. The van der Waals surface area contributed by atoms with Crippen LogP contribution in [0.15, 0.2) is 0 Å². The zero-order valence-corrected chi connectivity index (χ0v) is 10.2. The monoisotopic (exact) mass is 221 g/mol. The van der Waals surface area contributed by atoms with Gasteiger partial charge in [-0.3, -0.25) is 4.68 Å². The van der Waals surface area contributed by atoms with Crippen LogP contribution in [0.2, 0.25) is 0 Å². The van der Waals surface area contributed by atoms with Crippen molar-refractivity contribution < 1.29 is 0 Å². The van der Waals surface area contributed by atoms with E-state index in [1.54, 1.807) is 4.68 Å². The van der Waals surface area contributed by atoms with Crippen molar-refractivity contribution in [3.05, 3.63) is 5.69 Å². The van der Waals surface area contributed by atoms with Crippen LogP contribution < -0.4 is 10.6 Å². The lowest BCUT2D eigenvalue weighted by atomic mass is 10.2. The number of nitrogens with two attached hydrogens (primary N) is 1. The van der Waals surface area contributed by atoms with Crippen LogP contribution in [-0.4, -0.2) is 23.4 Å². The molecule has 2 N–H and O–H groups in total. The first-order valence-electron chi connectivity index (χ1n) is 5.51. The van der Waals surface area contributed by atoms with Crippen molar-refractivity contribution in [3.8, 4) is 6.07 Å². The number of aryl methyl sites for hydroxylation is 2. The maximum absolute atomic E-state index is 8.56. The normalized spacial score (nSPS) is 10.1. The summed E-state index contributed by atoms with van der Waals surface area (Å²) in [6.07, 6.45) is 2.42. The topological polar surface area (TPSA) is 70.9 Å². The first kappa shape index (κ1) is 12.4. The molecule has 0 atom stereocenters. The molecule has 0 spiro atoms. The highest BCUT2D eigenvalue weighted by Gasteiger charge is 2.15. The summed E-state index contributed by atoms with van der Waals surface area (Å²) in [7, 11) is 3.81. The summed E-state index contributed by atoms with van der Waals surface area (Å²) in [5.74, 6) is 0.902. The molecule has 0 aliphatic carbocycles. The zero-order valence-electron chi connectivity index (χ0n) is 10.2. The van der Waals surface area contributed by atoms with Gasteiger partial charge in [-0.25, -0.2) is 0 Å². The fourth-order valence-electron chi connectivity index (χ4n) is 1.78. The van der Waals surface area contributed by atoms with E-state index in [0.717, 1.165) is 30.0 Å². The Bertz CT molecular complexity index is 388. The van der Waals surface area contributed by atoms with E-state index in [-0.39, 0.29) is 0 Å². The van der Waals surface area contributed by atoms with Crippen LogP contribution in [0.1, 0.15) is 25.5 Å². The molecule has 0 unspecified atom stereocenters. The van der Waals surface area contributed by atoms with Crippen molar-refractivity contribution in [2.75, 3.05) is 24.2 Å². The van der Waals surface area contributed by atoms with Crippen molar-refractivity contribution in [1.82, 2.24) is 9.78 Å². The van der Waals surface area contributed by atoms with Crippen LogP contribution in [0.4, 0.5) is 11.5 Å². The molecule has 0 saturated heterocycles. The van der Waals surface area contributed by atoms with Crippen LogP contribution in [-0.2, 0) is 13.5 Å². The number of nitriles is 1. The number of hydrogen-bond acceptors (Lipinski definition) is 4. The van der Waals surface area contributed by atoms with Gasteiger partial charge in [0.1, 0.15) is 5.82 Å². The lowest BCUT2D eigenvalue weighted by Crippen LogP contribution is -2.21. The summed E-state index contributed by atoms with van der Waals surface area (Å²) >= 11 is 0. The molecule has 1 aromatic rings. The molecule has 5 heteroatoms. The average molecular weight is 221 g/mol. The number of anilines is 2. The number of aromatic nitrogens is 2. The van der Waals surface area contributed by atoms with E-state index in [2.05, 4.69) is 18.1 Å². The van der Waals surface area contributed by atoms with E-state index in [9.17, 15) is 0 Å². The van der Waals surface area contributed by atoms with Gasteiger partial charge in [0, 0.05) is 20.6 Å². The van der Waals surface area contributed by atoms with E-state index < -0.39 is 0 Å². The Morgan fingerprint density at radius 2 is 2.25 bits per heavy atom. The number of hydrogen-bond donors (Lipinski definition) is 1. The molecule has 0 fully saturated rings. The second-order valence-electron chi connectivity index (χ2n) is 3.89. The predicted molar refractivity (Wildman–Crippen MR) is 65.1 cm³/mol. The standard InChI is InChI=1S/C11H19N5/c1-4-6-9-10(13)11(16(3)14-9)15(2)8-5-7-12/h4-6,8,13H2,1-3H3. The second kappa shape index (κ2) is 5.40. The highest BCUT2D eigenvalue weighted by Crippen LogP contribution is 2.25. The molecule has 0 aliphatic heterocycles. The smallest absolute Gasteiger partial charge is 0.150 e. The fourth-order valence-corrected chi connectivity index (χ4v) is 1.78. The van der Waals surface area contributed by atoms with E-state index in [1.165, 1.54) is 0 Å². The molecule has 1 aromatic heterocycles. The molecular formula is C11H19N5. The summed E-state index contributed by atoms with van der Waals surface area (Å²) in [6.45, 7) is 2.78. The van der Waals surface area contributed by atoms with Gasteiger partial charge in [0.15, 0.2) is 0 Å². The summed E-state index contributed by atoms with van der Waals surface area (Å²) in [5.41, 5.74) is 7.74. The van der Waals surface area contributed by atoms with Gasteiger partial charge in [0.25, 0.3) is 0 Å². The van der Waals surface area contributed by atoms with Crippen molar-refractivity contribution in [1.29, 1.82) is 5.26 Å². The van der Waals surface area contributed by atoms with Gasteiger partial charge in [-0.2, -0.15) is 10.4 Å². The van der Waals surface area contributed by atoms with E-state index in [1.807, 2.05) is 19.0 Å². The van der Waals surface area contributed by atoms with Crippen LogP contribution in [0.5, 0.6) is 0 Å². The molecular weight excluding hydrogens is 202 g/mol. The molecule has 16 heavy (non-hydrogen) atoms. The Hall–Kier alpha value is -1.70. The minimum Gasteiger partial charge on any atom is -0.394 e. The number of rotatable bonds is 5. The minimum absolute atomic E-state index is 0.490. The molecule has 1 heterocycles. The highest BCUT2D eigenvalue weighted by molar-refractivity contribution is 5.66. The average Bonchev–Trinajstić information content (AvgIpc) is 2.52. The van der Waals surface area contributed by atoms with Gasteiger partial charge < -0.3 is 10.6 Å². The molecule has 5 nitrogen and oxygen atoms in total. The predicted octanol–water partition coefficient (Wildman–Crippen LogP) is 1.30. The molecule has 0 amide bonds. The molecule has 0 radical (unpaired) electrons. The minimum atomic E-state index is 0.490. The van der Waals surface area contributed by atoms with E-state index >= 15 is 0 Å². The van der Waals surface area contributed by atoms with E-state index in [4.69, 9.17) is 11.0 Å². The van der Waals surface area contributed by atoms with Crippen LogP contribution in [0, 0.1) is 11.3 Å². The SMILES string of the molecule is CCCc1nn(C)c(N(C)CCC#N)c1N. The van der Waals surface area contributed by atoms with E-state index in [0.29, 0.717) is 13.0 Å². The zero-order chi connectivity index (χ0) is 12.1. The number of nitrogens with zero attached hydrogens (tertiary/aromatic N) is 4. The third-order valence-electron chi connectivity index (χ3n) is 2.54. The van der Waals surface area contributed by atoms with Crippen LogP contribution >= 0.6 is 0 Å². The molecule has 0 bridgehead atoms. The molecule has 88 valence electrons. The highest BCUT2D eigenvalue weighted by atomic mass is 15.4. The van der Waals surface area contributed by atoms with Gasteiger partial charge >= 0.3 is 0 Å². The van der Waals surface area contributed by atoms with Gasteiger partial charge in [-0.05, 0) is 6.42 Å². The first-order chi connectivity index (χ1) is 7.61. The van der Waals surface area contributed by atoms with Gasteiger partial charge in [-0.15, -0.1) is 0 Å². The Morgan fingerprint density at radius 1 is 1.56 bits per heavy atom. The van der Waals surface area contributed by atoms with Gasteiger partial charge in [-0.1, -0.05) is 13.3 Å². The van der Waals surface area contributed by atoms with Gasteiger partial charge in [0.2, 0.25) is 0 Å². The third kappa shape index (κ3) is 2.45. The van der Waals surface area contributed by atoms with Crippen LogP contribution in [0.3, 0.4) is 0 Å². The largest absolute Gasteiger partial charge is 0.394 e. The lowest BCUT2D eigenvalue weighted by Gasteiger charge is -2.18. The first-order valence-corrected chi connectivity index (χ1v) is 5.51. The Morgan fingerprint density at radius 3 is 2.81 bits per heavy atom. The third-order valence-corrected chi connectivity index (χ3v) is 2.54. The fraction of sp³-hybridized carbons (Fsp3) is 0.636. The summed E-state index contributed by atoms with van der Waals surface area (Å²) in [6, 6.07) is 2.13. The van der Waals surface area contributed by atoms with Crippen LogP contribution in [0.25, 0.3) is 0 Å². The van der Waals surface area contributed by atoms with Crippen molar-refractivity contribution >= 4 is 11.5 Å². The number of nitrogen functional groups attached to an aromatic ring is 1. The van der Waals surface area contributed by atoms with Crippen molar-refractivity contribution in [3.63, 3.8) is 0 Å². The summed E-state index contributed by atoms with van der Waals surface area (Å²) in [4.78, 5) is 1.98. The molecule has 0 saturated carbocycles. The molecule has 1 rings (SSSR count). The van der Waals surface area contributed by atoms with Gasteiger partial charge in [0.05, 0.1) is 23.9 Å². The van der Waals surface area contributed by atoms with Crippen molar-refractivity contribution in [2.24, 2.45) is 7.05 Å². The Labute approximate surface area is 96.5 Å². The maximum Gasteiger partial charge on any atom is 0.150 e. The summed E-state index contributed by atoms with van der Waals surface area (Å²) < 4.78 is 1.79. The maximum atomic E-state index is 8.56. The second-order valence-corrected chi connectivity index (χ2v) is 3.89. The molecule has 0 aromatic carbocycles. The van der Waals surface area contributed by atoms with Crippen molar-refractivity contribution in [2.45, 2.75) is 26.2 Å².